The van der Waals surface area contributed by atoms with Gasteiger partial charge in [0.05, 0.1) is 17.9 Å². The van der Waals surface area contributed by atoms with Crippen LogP contribution in [0.3, 0.4) is 0 Å². The summed E-state index contributed by atoms with van der Waals surface area (Å²) in [7, 11) is 0. The number of fused-ring (bicyclic) bond motifs is 1. The zero-order valence-electron chi connectivity index (χ0n) is 19.6. The summed E-state index contributed by atoms with van der Waals surface area (Å²) in [5.74, 6) is 1.24. The molecule has 0 saturated heterocycles. The van der Waals surface area contributed by atoms with E-state index in [-0.39, 0.29) is 5.78 Å². The Balaban J connectivity index is 2.80. The SMILES string of the molecule is C=C(C)/C(=C\C=C(/C)OCC)C1=C2N=C(N(CC)CC)N=C2C(=C)/C(=C\C=C/C)C1=O. The number of hydrogen-bond acceptors (Lipinski definition) is 5. The van der Waals surface area contributed by atoms with E-state index in [1.54, 1.807) is 6.08 Å². The van der Waals surface area contributed by atoms with Gasteiger partial charge in [0.15, 0.2) is 5.78 Å². The average molecular weight is 420 g/mol. The van der Waals surface area contributed by atoms with Gasteiger partial charge in [-0.25, -0.2) is 9.98 Å². The fraction of sp³-hybridized carbons (Fsp3) is 0.346. The second-order valence-electron chi connectivity index (χ2n) is 7.25. The topological polar surface area (TPSA) is 54.3 Å². The molecule has 1 aliphatic heterocycles. The van der Waals surface area contributed by atoms with Crippen molar-refractivity contribution in [3.63, 3.8) is 0 Å². The van der Waals surface area contributed by atoms with Gasteiger partial charge >= 0.3 is 0 Å². The Bertz CT molecular complexity index is 994. The standard InChI is InChI=1S/C26H33N3O2/c1-9-13-14-21-19(8)23-24(28-26(27-23)29(10-2)11-3)22(25(21)30)20(17(5)6)16-15-18(7)31-12-4/h9,13-16H,5,8,10-12H2,1-4,6-7H3/b13-9-,18-15+,20-16+,21-14+. The van der Waals surface area contributed by atoms with Crippen LogP contribution in [-0.2, 0) is 9.53 Å². The van der Waals surface area contributed by atoms with Crippen molar-refractivity contribution in [2.75, 3.05) is 19.7 Å². The van der Waals surface area contributed by atoms with Gasteiger partial charge in [0.1, 0.15) is 11.4 Å². The molecule has 0 spiro atoms. The maximum absolute atomic E-state index is 13.6. The molecule has 1 aliphatic carbocycles. The van der Waals surface area contributed by atoms with Crippen molar-refractivity contribution in [3.8, 4) is 0 Å². The predicted octanol–water partition coefficient (Wildman–Crippen LogP) is 5.48. The molecule has 164 valence electrons. The molecule has 0 fully saturated rings. The molecular weight excluding hydrogens is 386 g/mol. The van der Waals surface area contributed by atoms with Crippen molar-refractivity contribution in [2.45, 2.75) is 41.5 Å². The molecule has 2 rings (SSSR count). The fourth-order valence-corrected chi connectivity index (χ4v) is 3.40. The Labute approximate surface area is 186 Å². The van der Waals surface area contributed by atoms with Gasteiger partial charge in [-0.15, -0.1) is 0 Å². The number of nitrogens with zero attached hydrogens (tertiary/aromatic N) is 3. The third kappa shape index (κ3) is 5.10. The third-order valence-electron chi connectivity index (χ3n) is 5.05. The zero-order chi connectivity index (χ0) is 23.1. The molecule has 0 radical (unpaired) electrons. The minimum atomic E-state index is -0.127. The number of ketones is 1. The normalized spacial score (nSPS) is 18.6. The Morgan fingerprint density at radius 2 is 1.81 bits per heavy atom. The van der Waals surface area contributed by atoms with E-state index in [1.807, 2.05) is 52.0 Å². The highest BCUT2D eigenvalue weighted by molar-refractivity contribution is 6.35. The highest BCUT2D eigenvalue weighted by atomic mass is 16.5. The van der Waals surface area contributed by atoms with Crippen LogP contribution in [0.5, 0.6) is 0 Å². The van der Waals surface area contributed by atoms with Crippen LogP contribution in [0.4, 0.5) is 0 Å². The lowest BCUT2D eigenvalue weighted by Crippen LogP contribution is -2.28. The van der Waals surface area contributed by atoms with E-state index < -0.39 is 0 Å². The smallest absolute Gasteiger partial charge is 0.226 e. The lowest BCUT2D eigenvalue weighted by atomic mass is 9.80. The summed E-state index contributed by atoms with van der Waals surface area (Å²) in [5, 5.41) is 0. The van der Waals surface area contributed by atoms with Gasteiger partial charge in [-0.1, -0.05) is 43.0 Å². The van der Waals surface area contributed by atoms with Crippen molar-refractivity contribution in [1.82, 2.24) is 4.90 Å². The average Bonchev–Trinajstić information content (AvgIpc) is 3.16. The number of guanidine groups is 1. The number of allylic oxidation sites excluding steroid dienone is 11. The molecule has 0 unspecified atom stereocenters. The van der Waals surface area contributed by atoms with Crippen LogP contribution in [0.2, 0.25) is 0 Å². The molecule has 0 aromatic rings. The summed E-state index contributed by atoms with van der Waals surface area (Å²) >= 11 is 0. The Morgan fingerprint density at radius 1 is 1.13 bits per heavy atom. The zero-order valence-corrected chi connectivity index (χ0v) is 19.6. The third-order valence-corrected chi connectivity index (χ3v) is 5.05. The van der Waals surface area contributed by atoms with Gasteiger partial charge in [-0.2, -0.15) is 0 Å². The minimum Gasteiger partial charge on any atom is -0.499 e. The lowest BCUT2D eigenvalue weighted by molar-refractivity contribution is -0.111. The number of carbonyl (C=O) groups is 1. The molecule has 0 aromatic carbocycles. The van der Waals surface area contributed by atoms with Gasteiger partial charge in [0.2, 0.25) is 5.96 Å². The summed E-state index contributed by atoms with van der Waals surface area (Å²) in [6, 6.07) is 0. The summed E-state index contributed by atoms with van der Waals surface area (Å²) < 4.78 is 5.53. The first-order valence-corrected chi connectivity index (χ1v) is 10.7. The monoisotopic (exact) mass is 419 g/mol. The van der Waals surface area contributed by atoms with Gasteiger partial charge in [0.25, 0.3) is 0 Å². The second kappa shape index (κ2) is 10.7. The maximum atomic E-state index is 13.6. The minimum absolute atomic E-state index is 0.127. The van der Waals surface area contributed by atoms with Gasteiger partial charge in [-0.3, -0.25) is 4.79 Å². The largest absolute Gasteiger partial charge is 0.499 e. The van der Waals surface area contributed by atoms with E-state index in [1.165, 1.54) is 0 Å². The van der Waals surface area contributed by atoms with E-state index in [2.05, 4.69) is 31.9 Å². The second-order valence-corrected chi connectivity index (χ2v) is 7.25. The first-order valence-electron chi connectivity index (χ1n) is 10.7. The summed E-state index contributed by atoms with van der Waals surface area (Å²) in [4.78, 5) is 25.2. The maximum Gasteiger partial charge on any atom is 0.226 e. The van der Waals surface area contributed by atoms with Crippen LogP contribution in [0.1, 0.15) is 41.5 Å². The van der Waals surface area contributed by atoms with Crippen molar-refractivity contribution >= 4 is 17.5 Å². The highest BCUT2D eigenvalue weighted by Crippen LogP contribution is 2.37. The summed E-state index contributed by atoms with van der Waals surface area (Å²) in [6.45, 7) is 22.1. The number of rotatable bonds is 8. The summed E-state index contributed by atoms with van der Waals surface area (Å²) in [6.07, 6.45) is 9.23. The van der Waals surface area contributed by atoms with Gasteiger partial charge < -0.3 is 9.64 Å². The number of Topliss-reactive ketones (excluding diaryl/α,β-unsaturated/α-hetero) is 1. The molecule has 31 heavy (non-hydrogen) atoms. The molecule has 1 heterocycles. The first-order chi connectivity index (χ1) is 14.8. The molecule has 5 heteroatoms. The van der Waals surface area contributed by atoms with Crippen LogP contribution in [0.25, 0.3) is 0 Å². The van der Waals surface area contributed by atoms with Crippen molar-refractivity contribution < 1.29 is 9.53 Å². The van der Waals surface area contributed by atoms with E-state index >= 15 is 0 Å². The summed E-state index contributed by atoms with van der Waals surface area (Å²) in [5.41, 5.74) is 4.29. The Hall–Kier alpha value is -3.21. The van der Waals surface area contributed by atoms with Crippen LogP contribution < -0.4 is 0 Å². The molecule has 0 atom stereocenters. The molecule has 0 bridgehead atoms. The Kier molecular flexibility index (Phi) is 8.31. The number of carbonyl (C=O) groups excluding carboxylic acids is 1. The number of ether oxygens (including phenoxy) is 1. The number of hydrogen-bond donors (Lipinski definition) is 0. The fourth-order valence-electron chi connectivity index (χ4n) is 3.40. The van der Waals surface area contributed by atoms with E-state index in [4.69, 9.17) is 14.7 Å². The van der Waals surface area contributed by atoms with Gasteiger partial charge in [-0.05, 0) is 53.2 Å². The molecule has 0 saturated carbocycles. The van der Waals surface area contributed by atoms with Crippen LogP contribution in [-0.4, -0.2) is 42.1 Å². The van der Waals surface area contributed by atoms with Crippen molar-refractivity contribution in [1.29, 1.82) is 0 Å². The highest BCUT2D eigenvalue weighted by Gasteiger charge is 2.37. The predicted molar refractivity (Wildman–Crippen MR) is 130 cm³/mol. The lowest BCUT2D eigenvalue weighted by Gasteiger charge is -2.22. The molecule has 0 N–H and O–H groups in total. The van der Waals surface area contributed by atoms with Crippen LogP contribution in [0.15, 0.2) is 92.8 Å². The molecule has 0 amide bonds. The van der Waals surface area contributed by atoms with E-state index in [9.17, 15) is 4.79 Å². The van der Waals surface area contributed by atoms with Crippen molar-refractivity contribution in [2.24, 2.45) is 9.98 Å². The Morgan fingerprint density at radius 3 is 2.35 bits per heavy atom. The molecule has 0 aromatic heterocycles. The van der Waals surface area contributed by atoms with Crippen LogP contribution in [0, 0.1) is 0 Å². The number of aliphatic imine (C=N–C) groups is 2. The molecular formula is C26H33N3O2. The molecule has 2 aliphatic rings. The molecule has 5 nitrogen and oxygen atoms in total. The van der Waals surface area contributed by atoms with Crippen LogP contribution >= 0.6 is 0 Å². The van der Waals surface area contributed by atoms with E-state index in [0.29, 0.717) is 40.7 Å². The van der Waals surface area contributed by atoms with Crippen molar-refractivity contribution in [3.05, 3.63) is 82.9 Å². The van der Waals surface area contributed by atoms with E-state index in [0.717, 1.165) is 30.0 Å². The quantitative estimate of drug-likeness (QED) is 0.297. The first kappa shape index (κ1) is 24.1. The van der Waals surface area contributed by atoms with Gasteiger partial charge in [0, 0.05) is 24.2 Å².